The Labute approximate surface area is 206 Å². The fraction of sp³-hybridized carbons (Fsp3) is 0. The van der Waals surface area contributed by atoms with Crippen LogP contribution in [0.15, 0.2) is 104 Å². The molecule has 0 atom stereocenters. The molecule has 9 heteroatoms. The quantitative estimate of drug-likeness (QED) is 0.208. The molecule has 0 unspecified atom stereocenters. The predicted molar refractivity (Wildman–Crippen MR) is 141 cm³/mol. The first-order valence-electron chi connectivity index (χ1n) is 11.1. The molecular formula is C27H21N6O3-. The molecule has 0 aliphatic rings. The maximum absolute atomic E-state index is 12.7. The fourth-order valence-corrected chi connectivity index (χ4v) is 3.66. The topological polar surface area (TPSA) is 125 Å². The zero-order valence-electron chi connectivity index (χ0n) is 18.9. The number of rotatable bonds is 7. The number of pyridine rings is 2. The number of carbonyl (C=O) groups excluding carboxylic acids is 1. The molecule has 5 aromatic rings. The molecule has 0 saturated heterocycles. The van der Waals surface area contributed by atoms with Crippen molar-refractivity contribution in [1.29, 1.82) is 0 Å². The Kier molecular flexibility index (Phi) is 6.39. The second-order valence-electron chi connectivity index (χ2n) is 7.93. The van der Waals surface area contributed by atoms with Crippen LogP contribution in [-0.4, -0.2) is 21.1 Å². The lowest BCUT2D eigenvalue weighted by atomic mass is 10.1. The summed E-state index contributed by atoms with van der Waals surface area (Å²) in [6.07, 6.45) is 5.08. The maximum Gasteiger partial charge on any atom is 0.255 e. The number of anilines is 6. The third-order valence-electron chi connectivity index (χ3n) is 5.48. The van der Waals surface area contributed by atoms with Gasteiger partial charge in [0.15, 0.2) is 0 Å². The molecule has 5 rings (SSSR count). The Morgan fingerprint density at radius 2 is 1.39 bits per heavy atom. The fourth-order valence-electron chi connectivity index (χ4n) is 3.66. The van der Waals surface area contributed by atoms with Crippen molar-refractivity contribution in [2.24, 2.45) is 0 Å². The number of benzene rings is 3. The van der Waals surface area contributed by atoms with E-state index in [0.717, 1.165) is 17.1 Å². The van der Waals surface area contributed by atoms with Gasteiger partial charge in [-0.3, -0.25) is 20.0 Å². The third-order valence-corrected chi connectivity index (χ3v) is 5.48. The van der Waals surface area contributed by atoms with Crippen LogP contribution in [0, 0.1) is 5.21 Å². The third kappa shape index (κ3) is 5.22. The van der Waals surface area contributed by atoms with Gasteiger partial charge in [0.25, 0.3) is 5.91 Å². The highest BCUT2D eigenvalue weighted by Gasteiger charge is 2.08. The van der Waals surface area contributed by atoms with Gasteiger partial charge in [-0.15, -0.1) is 0 Å². The number of hydrogen-bond acceptors (Lipinski definition) is 8. The summed E-state index contributed by atoms with van der Waals surface area (Å²) in [6.45, 7) is 0. The molecule has 1 amide bonds. The number of amides is 1. The first kappa shape index (κ1) is 22.8. The Morgan fingerprint density at radius 1 is 0.750 bits per heavy atom. The minimum atomic E-state index is -0.228. The Hall–Kier alpha value is -4.99. The van der Waals surface area contributed by atoms with Crippen molar-refractivity contribution in [2.75, 3.05) is 21.2 Å². The number of carbonyl (C=O) groups is 1. The van der Waals surface area contributed by atoms with Crippen molar-refractivity contribution in [3.8, 4) is 0 Å². The molecule has 0 bridgehead atoms. The number of aromatic nitrogens is 2. The van der Waals surface area contributed by atoms with Gasteiger partial charge in [0.2, 0.25) is 0 Å². The smallest absolute Gasteiger partial charge is 0.255 e. The van der Waals surface area contributed by atoms with Crippen LogP contribution in [0.3, 0.4) is 0 Å². The summed E-state index contributed by atoms with van der Waals surface area (Å²) in [5.74, 6) is -0.228. The van der Waals surface area contributed by atoms with Gasteiger partial charge >= 0.3 is 0 Å². The highest BCUT2D eigenvalue weighted by atomic mass is 16.8. The lowest BCUT2D eigenvalue weighted by Gasteiger charge is -2.22. The van der Waals surface area contributed by atoms with Crippen LogP contribution in [0.1, 0.15) is 10.4 Å². The molecule has 36 heavy (non-hydrogen) atoms. The van der Waals surface area contributed by atoms with Crippen LogP contribution in [0.25, 0.3) is 10.9 Å². The van der Waals surface area contributed by atoms with Gasteiger partial charge in [0.1, 0.15) is 0 Å². The van der Waals surface area contributed by atoms with Crippen LogP contribution in [0.2, 0.25) is 0 Å². The van der Waals surface area contributed by atoms with E-state index in [0.29, 0.717) is 27.8 Å². The van der Waals surface area contributed by atoms with Gasteiger partial charge in [-0.2, -0.15) is 0 Å². The molecular weight excluding hydrogens is 456 g/mol. The Morgan fingerprint density at radius 3 is 2.11 bits per heavy atom. The monoisotopic (exact) mass is 477 g/mol. The molecule has 178 valence electrons. The standard InChI is InChI=1S/C27H21N6O3/c34-27(32-21-7-5-19(6-8-21)30-22-11-14-28-15-12-22)18-1-3-20(4-2-18)31-26-13-16-29-25-10-9-23(33(35)36)17-24(25)26/h1-17,35H,(H,28,30)(H,29,31)(H,32,34)/q-1. The van der Waals surface area contributed by atoms with Crippen LogP contribution in [-0.2, 0) is 0 Å². The second-order valence-corrected chi connectivity index (χ2v) is 7.93. The van der Waals surface area contributed by atoms with Crippen molar-refractivity contribution in [3.63, 3.8) is 0 Å². The van der Waals surface area contributed by atoms with E-state index in [-0.39, 0.29) is 16.8 Å². The van der Waals surface area contributed by atoms with Crippen molar-refractivity contribution < 1.29 is 10.0 Å². The van der Waals surface area contributed by atoms with Crippen molar-refractivity contribution in [1.82, 2.24) is 9.97 Å². The molecule has 0 aliphatic heterocycles. The van der Waals surface area contributed by atoms with Gasteiger partial charge in [-0.25, -0.2) is 0 Å². The van der Waals surface area contributed by atoms with E-state index in [9.17, 15) is 15.2 Å². The van der Waals surface area contributed by atoms with E-state index in [4.69, 9.17) is 0 Å². The minimum absolute atomic E-state index is 0.103. The highest BCUT2D eigenvalue weighted by Crippen LogP contribution is 2.28. The van der Waals surface area contributed by atoms with Gasteiger partial charge in [0, 0.05) is 58.0 Å². The maximum atomic E-state index is 12.7. The van der Waals surface area contributed by atoms with Crippen LogP contribution in [0.4, 0.5) is 34.1 Å². The number of nitrogens with zero attached hydrogens (tertiary/aromatic N) is 3. The van der Waals surface area contributed by atoms with Gasteiger partial charge in [-0.05, 0) is 84.9 Å². The number of hydrogen-bond donors (Lipinski definition) is 4. The second kappa shape index (κ2) is 10.1. The molecule has 0 spiro atoms. The largest absolute Gasteiger partial charge is 0.733 e. The average molecular weight is 478 g/mol. The highest BCUT2D eigenvalue weighted by molar-refractivity contribution is 6.04. The van der Waals surface area contributed by atoms with Gasteiger partial charge in [-0.1, -0.05) is 0 Å². The first-order chi connectivity index (χ1) is 17.5. The molecule has 0 radical (unpaired) electrons. The SMILES string of the molecule is O=C(Nc1ccc(Nc2ccncc2)cc1)c1ccc(Nc2ccnc3ccc(N([O-])O)cc23)cc1. The normalized spacial score (nSPS) is 10.6. The molecule has 4 N–H and O–H groups in total. The molecule has 0 fully saturated rings. The van der Waals surface area contributed by atoms with E-state index in [1.807, 2.05) is 36.4 Å². The Balaban J connectivity index is 1.25. The molecule has 3 aromatic carbocycles. The summed E-state index contributed by atoms with van der Waals surface area (Å²) < 4.78 is 0. The van der Waals surface area contributed by atoms with Crippen LogP contribution < -0.4 is 21.2 Å². The average Bonchev–Trinajstić information content (AvgIpc) is 2.91. The van der Waals surface area contributed by atoms with E-state index in [1.165, 1.54) is 6.07 Å². The molecule has 2 heterocycles. The summed E-state index contributed by atoms with van der Waals surface area (Å²) in [7, 11) is 0. The zero-order chi connectivity index (χ0) is 24.9. The number of nitrogens with one attached hydrogen (secondary N) is 3. The summed E-state index contributed by atoms with van der Waals surface area (Å²) in [6, 6.07) is 24.7. The van der Waals surface area contributed by atoms with Crippen molar-refractivity contribution in [3.05, 3.63) is 114 Å². The van der Waals surface area contributed by atoms with Gasteiger partial charge in [0.05, 0.1) is 11.2 Å². The minimum Gasteiger partial charge on any atom is -0.733 e. The van der Waals surface area contributed by atoms with Gasteiger partial charge < -0.3 is 26.4 Å². The number of fused-ring (bicyclic) bond motifs is 1. The zero-order valence-corrected chi connectivity index (χ0v) is 18.9. The van der Waals surface area contributed by atoms with E-state index < -0.39 is 0 Å². The van der Waals surface area contributed by atoms with Crippen molar-refractivity contribution >= 4 is 50.9 Å². The molecule has 0 saturated carbocycles. The Bertz CT molecular complexity index is 1490. The first-order valence-corrected chi connectivity index (χ1v) is 11.1. The van der Waals surface area contributed by atoms with Crippen molar-refractivity contribution in [2.45, 2.75) is 0 Å². The van der Waals surface area contributed by atoms with E-state index >= 15 is 0 Å². The molecule has 9 nitrogen and oxygen atoms in total. The molecule has 2 aromatic heterocycles. The molecule has 0 aliphatic carbocycles. The lowest BCUT2D eigenvalue weighted by Crippen LogP contribution is -2.11. The summed E-state index contributed by atoms with van der Waals surface area (Å²) in [4.78, 5) is 21.0. The van der Waals surface area contributed by atoms with E-state index in [1.54, 1.807) is 61.1 Å². The summed E-state index contributed by atoms with van der Waals surface area (Å²) in [5, 5.41) is 30.4. The predicted octanol–water partition coefficient (Wildman–Crippen LogP) is 6.06. The van der Waals surface area contributed by atoms with Crippen LogP contribution in [0.5, 0.6) is 0 Å². The summed E-state index contributed by atoms with van der Waals surface area (Å²) >= 11 is 0. The summed E-state index contributed by atoms with van der Waals surface area (Å²) in [5.41, 5.74) is 5.24. The van der Waals surface area contributed by atoms with E-state index in [2.05, 4.69) is 25.9 Å². The lowest BCUT2D eigenvalue weighted by molar-refractivity contribution is 0.102. The van der Waals surface area contributed by atoms with Crippen LogP contribution >= 0.6 is 0 Å².